The Balaban J connectivity index is 1.42. The Morgan fingerprint density at radius 3 is 2.46 bits per heavy atom. The van der Waals surface area contributed by atoms with Crippen LogP contribution in [0.1, 0.15) is 33.7 Å². The summed E-state index contributed by atoms with van der Waals surface area (Å²) in [5.74, 6) is -0.714. The van der Waals surface area contributed by atoms with Crippen molar-refractivity contribution in [3.05, 3.63) is 59.9 Å². The molecule has 1 atom stereocenters. The predicted octanol–water partition coefficient (Wildman–Crippen LogP) is 1.36. The lowest BCUT2D eigenvalue weighted by Gasteiger charge is -2.11. The largest absolute Gasteiger partial charge is 0.368 e. The maximum atomic E-state index is 12.2. The second-order valence-electron chi connectivity index (χ2n) is 6.30. The van der Waals surface area contributed by atoms with Crippen molar-refractivity contribution in [2.75, 3.05) is 25.0 Å². The van der Waals surface area contributed by atoms with Crippen molar-refractivity contribution in [3.63, 3.8) is 0 Å². The highest BCUT2D eigenvalue weighted by atomic mass is 16.5. The predicted molar refractivity (Wildman–Crippen MR) is 103 cm³/mol. The van der Waals surface area contributed by atoms with Crippen LogP contribution in [-0.4, -0.2) is 48.5 Å². The van der Waals surface area contributed by atoms with Gasteiger partial charge in [0, 0.05) is 37.1 Å². The van der Waals surface area contributed by atoms with Crippen LogP contribution in [0.2, 0.25) is 0 Å². The highest BCUT2D eigenvalue weighted by Gasteiger charge is 2.22. The number of nitrogens with one attached hydrogen (secondary N) is 3. The normalized spacial score (nSPS) is 15.6. The van der Waals surface area contributed by atoms with Gasteiger partial charge in [-0.05, 0) is 49.2 Å². The minimum Gasteiger partial charge on any atom is -0.368 e. The summed E-state index contributed by atoms with van der Waals surface area (Å²) < 4.78 is 5.30. The molecule has 0 saturated carbocycles. The zero-order valence-corrected chi connectivity index (χ0v) is 15.3. The van der Waals surface area contributed by atoms with E-state index in [0.717, 1.165) is 12.8 Å². The van der Waals surface area contributed by atoms with Gasteiger partial charge in [0.1, 0.15) is 11.8 Å². The topological polar surface area (TPSA) is 109 Å². The molecule has 8 nitrogen and oxygen atoms in total. The van der Waals surface area contributed by atoms with E-state index in [9.17, 15) is 14.4 Å². The molecular weight excluding hydrogens is 360 g/mol. The molecule has 146 valence electrons. The van der Waals surface area contributed by atoms with E-state index in [-0.39, 0.29) is 23.8 Å². The number of amides is 3. The highest BCUT2D eigenvalue weighted by Crippen LogP contribution is 2.12. The van der Waals surface area contributed by atoms with E-state index in [1.54, 1.807) is 48.7 Å². The summed E-state index contributed by atoms with van der Waals surface area (Å²) in [6.45, 7) is 1.27. The molecule has 1 saturated heterocycles. The van der Waals surface area contributed by atoms with Crippen LogP contribution in [-0.2, 0) is 9.53 Å². The molecule has 0 aliphatic carbocycles. The van der Waals surface area contributed by atoms with Crippen LogP contribution < -0.4 is 16.0 Å². The number of nitrogens with zero attached hydrogens (tertiary/aromatic N) is 1. The summed E-state index contributed by atoms with van der Waals surface area (Å²) in [6.07, 6.45) is 2.81. The van der Waals surface area contributed by atoms with Crippen LogP contribution >= 0.6 is 0 Å². The number of hydrogen-bond acceptors (Lipinski definition) is 5. The zero-order valence-electron chi connectivity index (χ0n) is 15.3. The molecule has 1 fully saturated rings. The molecule has 28 heavy (non-hydrogen) atoms. The first-order chi connectivity index (χ1) is 13.6. The zero-order chi connectivity index (χ0) is 19.8. The Morgan fingerprint density at radius 2 is 1.79 bits per heavy atom. The molecular formula is C20H22N4O4. The van der Waals surface area contributed by atoms with Gasteiger partial charge in [-0.2, -0.15) is 0 Å². The van der Waals surface area contributed by atoms with Crippen molar-refractivity contribution < 1.29 is 19.1 Å². The molecule has 1 aliphatic rings. The maximum Gasteiger partial charge on any atom is 0.274 e. The van der Waals surface area contributed by atoms with Gasteiger partial charge in [-0.1, -0.05) is 6.07 Å². The summed E-state index contributed by atoms with van der Waals surface area (Å²) in [7, 11) is 0. The van der Waals surface area contributed by atoms with Crippen LogP contribution in [0.25, 0.3) is 0 Å². The average Bonchev–Trinajstić information content (AvgIpc) is 3.27. The summed E-state index contributed by atoms with van der Waals surface area (Å²) in [4.78, 5) is 40.0. The monoisotopic (exact) mass is 382 g/mol. The van der Waals surface area contributed by atoms with Crippen LogP contribution in [0.3, 0.4) is 0 Å². The van der Waals surface area contributed by atoms with Crippen LogP contribution in [0.5, 0.6) is 0 Å². The van der Waals surface area contributed by atoms with Crippen molar-refractivity contribution in [2.24, 2.45) is 0 Å². The van der Waals surface area contributed by atoms with Gasteiger partial charge in [-0.3, -0.25) is 19.4 Å². The number of carbonyl (C=O) groups excluding carboxylic acids is 3. The summed E-state index contributed by atoms with van der Waals surface area (Å²) in [6, 6.07) is 11.6. The first-order valence-electron chi connectivity index (χ1n) is 9.13. The number of ether oxygens (including phenoxy) is 1. The first kappa shape index (κ1) is 19.5. The van der Waals surface area contributed by atoms with Gasteiger partial charge in [0.05, 0.1) is 0 Å². The van der Waals surface area contributed by atoms with Gasteiger partial charge in [0.15, 0.2) is 0 Å². The highest BCUT2D eigenvalue weighted by molar-refractivity contribution is 6.03. The van der Waals surface area contributed by atoms with Gasteiger partial charge < -0.3 is 20.7 Å². The molecule has 2 aromatic rings. The molecule has 1 unspecified atom stereocenters. The fourth-order valence-corrected chi connectivity index (χ4v) is 2.76. The second kappa shape index (κ2) is 9.61. The number of anilines is 1. The number of aromatic nitrogens is 1. The average molecular weight is 382 g/mol. The lowest BCUT2D eigenvalue weighted by molar-refractivity contribution is -0.129. The molecule has 1 aromatic heterocycles. The fourth-order valence-electron chi connectivity index (χ4n) is 2.76. The summed E-state index contributed by atoms with van der Waals surface area (Å²) in [5, 5.41) is 8.21. The molecule has 0 radical (unpaired) electrons. The van der Waals surface area contributed by atoms with Crippen molar-refractivity contribution >= 4 is 23.4 Å². The van der Waals surface area contributed by atoms with Gasteiger partial charge >= 0.3 is 0 Å². The number of pyridine rings is 1. The molecule has 8 heteroatoms. The lowest BCUT2D eigenvalue weighted by atomic mass is 10.2. The second-order valence-corrected chi connectivity index (χ2v) is 6.30. The van der Waals surface area contributed by atoms with E-state index < -0.39 is 0 Å². The SMILES string of the molecule is O=C(NCCNC(=O)C1CCCO1)c1ccc(NC(=O)c2ccccn2)cc1. The Hall–Kier alpha value is -3.26. The molecule has 3 N–H and O–H groups in total. The van der Waals surface area contributed by atoms with E-state index in [2.05, 4.69) is 20.9 Å². The van der Waals surface area contributed by atoms with Crippen LogP contribution in [0, 0.1) is 0 Å². The number of carbonyl (C=O) groups is 3. The van der Waals surface area contributed by atoms with E-state index in [1.165, 1.54) is 0 Å². The van der Waals surface area contributed by atoms with Gasteiger partial charge in [0.25, 0.3) is 11.8 Å². The van der Waals surface area contributed by atoms with Gasteiger partial charge in [0.2, 0.25) is 5.91 Å². The Kier molecular flexibility index (Phi) is 6.69. The maximum absolute atomic E-state index is 12.2. The third-order valence-corrected chi connectivity index (χ3v) is 4.23. The Labute approximate surface area is 162 Å². The van der Waals surface area contributed by atoms with Crippen molar-refractivity contribution in [1.82, 2.24) is 15.6 Å². The van der Waals surface area contributed by atoms with Gasteiger partial charge in [-0.25, -0.2) is 0 Å². The van der Waals surface area contributed by atoms with E-state index >= 15 is 0 Å². The fraction of sp³-hybridized carbons (Fsp3) is 0.300. The first-order valence-corrected chi connectivity index (χ1v) is 9.13. The van der Waals surface area contributed by atoms with Crippen molar-refractivity contribution in [2.45, 2.75) is 18.9 Å². The molecule has 1 aliphatic heterocycles. The molecule has 2 heterocycles. The Bertz CT molecular complexity index is 818. The molecule has 0 bridgehead atoms. The van der Waals surface area contributed by atoms with E-state index in [1.807, 2.05) is 0 Å². The number of benzene rings is 1. The van der Waals surface area contributed by atoms with Crippen molar-refractivity contribution in [1.29, 1.82) is 0 Å². The summed E-state index contributed by atoms with van der Waals surface area (Å²) >= 11 is 0. The van der Waals surface area contributed by atoms with Crippen LogP contribution in [0.4, 0.5) is 5.69 Å². The quantitative estimate of drug-likeness (QED) is 0.627. The number of rotatable bonds is 7. The van der Waals surface area contributed by atoms with Crippen LogP contribution in [0.15, 0.2) is 48.7 Å². The third-order valence-electron chi connectivity index (χ3n) is 4.23. The Morgan fingerprint density at radius 1 is 1.00 bits per heavy atom. The lowest BCUT2D eigenvalue weighted by Crippen LogP contribution is -2.39. The van der Waals surface area contributed by atoms with Gasteiger partial charge in [-0.15, -0.1) is 0 Å². The van der Waals surface area contributed by atoms with E-state index in [4.69, 9.17) is 4.74 Å². The summed E-state index contributed by atoms with van der Waals surface area (Å²) in [5.41, 5.74) is 1.34. The number of hydrogen-bond donors (Lipinski definition) is 3. The smallest absolute Gasteiger partial charge is 0.274 e. The third kappa shape index (κ3) is 5.37. The molecule has 1 aromatic carbocycles. The standard InChI is InChI=1S/C20H22N4O4/c25-18(22-11-12-23-20(27)17-5-3-13-28-17)14-6-8-15(9-7-14)24-19(26)16-4-1-2-10-21-16/h1-2,4,6-10,17H,3,5,11-13H2,(H,22,25)(H,23,27)(H,24,26). The minimum absolute atomic E-state index is 0.139. The van der Waals surface area contributed by atoms with E-state index in [0.29, 0.717) is 36.6 Å². The minimum atomic E-state index is -0.371. The van der Waals surface area contributed by atoms with Crippen molar-refractivity contribution in [3.8, 4) is 0 Å². The molecule has 3 rings (SSSR count). The molecule has 0 spiro atoms. The molecule has 3 amide bonds.